The van der Waals surface area contributed by atoms with Crippen LogP contribution in [0.4, 0.5) is 4.39 Å². The monoisotopic (exact) mass is 455 g/mol. The largest absolute Gasteiger partial charge is 0.491 e. The van der Waals surface area contributed by atoms with Crippen LogP contribution in [-0.2, 0) is 5.54 Å². The van der Waals surface area contributed by atoms with Gasteiger partial charge in [0.25, 0.3) is 5.91 Å². The van der Waals surface area contributed by atoms with Crippen molar-refractivity contribution in [3.05, 3.63) is 108 Å². The molecule has 2 aromatic carbocycles. The number of rotatable bonds is 5. The third-order valence-electron chi connectivity index (χ3n) is 6.00. The first-order chi connectivity index (χ1) is 16.6. The number of hydrogen-bond acceptors (Lipinski definition) is 5. The summed E-state index contributed by atoms with van der Waals surface area (Å²) in [5.74, 6) is 0.442. The van der Waals surface area contributed by atoms with E-state index in [9.17, 15) is 9.18 Å². The molecule has 1 amide bonds. The molecule has 0 radical (unpaired) electrons. The highest BCUT2D eigenvalue weighted by molar-refractivity contribution is 5.95. The van der Waals surface area contributed by atoms with E-state index in [0.29, 0.717) is 35.9 Å². The molecule has 1 aliphatic heterocycles. The number of carbonyl (C=O) groups excluding carboxylic acids is 1. The van der Waals surface area contributed by atoms with Crippen LogP contribution in [0.2, 0.25) is 0 Å². The Balaban J connectivity index is 1.57. The van der Waals surface area contributed by atoms with E-state index in [2.05, 4.69) is 15.3 Å². The summed E-state index contributed by atoms with van der Waals surface area (Å²) in [5.41, 5.74) is 2.91. The van der Waals surface area contributed by atoms with Crippen molar-refractivity contribution in [1.82, 2.24) is 15.3 Å². The van der Waals surface area contributed by atoms with E-state index < -0.39 is 11.4 Å². The second kappa shape index (κ2) is 8.94. The van der Waals surface area contributed by atoms with Gasteiger partial charge in [0, 0.05) is 30.4 Å². The first-order valence-corrected chi connectivity index (χ1v) is 10.9. The minimum atomic E-state index is -0.908. The average molecular weight is 455 g/mol. The van der Waals surface area contributed by atoms with E-state index in [1.54, 1.807) is 25.6 Å². The molecule has 1 N–H and O–H groups in total. The zero-order valence-electron chi connectivity index (χ0n) is 18.5. The predicted molar refractivity (Wildman–Crippen MR) is 125 cm³/mol. The van der Waals surface area contributed by atoms with Crippen molar-refractivity contribution in [3.63, 3.8) is 0 Å². The SMILES string of the molecule is COc1cc(-c2ccc(C3(NC(=O)c4ccc(F)cc4)CCOc4cccnc43)cc2)ccn1. The molecule has 2 aromatic heterocycles. The average Bonchev–Trinajstić information content (AvgIpc) is 2.89. The number of nitrogens with zero attached hydrogens (tertiary/aromatic N) is 2. The molecule has 5 rings (SSSR count). The summed E-state index contributed by atoms with van der Waals surface area (Å²) in [7, 11) is 1.58. The molecule has 0 spiro atoms. The van der Waals surface area contributed by atoms with Gasteiger partial charge in [-0.3, -0.25) is 9.78 Å². The van der Waals surface area contributed by atoms with Crippen LogP contribution in [0.3, 0.4) is 0 Å². The van der Waals surface area contributed by atoms with Gasteiger partial charge < -0.3 is 14.8 Å². The quantitative estimate of drug-likeness (QED) is 0.470. The first-order valence-electron chi connectivity index (χ1n) is 10.9. The van der Waals surface area contributed by atoms with Crippen LogP contribution in [-0.4, -0.2) is 29.6 Å². The number of hydrogen-bond donors (Lipinski definition) is 1. The second-order valence-corrected chi connectivity index (χ2v) is 7.98. The fraction of sp³-hybridized carbons (Fsp3) is 0.148. The number of ether oxygens (including phenoxy) is 2. The summed E-state index contributed by atoms with van der Waals surface area (Å²) < 4.78 is 24.5. The summed E-state index contributed by atoms with van der Waals surface area (Å²) in [4.78, 5) is 22.0. The maximum absolute atomic E-state index is 13.4. The van der Waals surface area contributed by atoms with Crippen LogP contribution in [0.1, 0.15) is 28.0 Å². The summed E-state index contributed by atoms with van der Waals surface area (Å²) in [5, 5.41) is 3.18. The van der Waals surface area contributed by atoms with Gasteiger partial charge in [-0.25, -0.2) is 9.37 Å². The zero-order chi connectivity index (χ0) is 23.5. The molecule has 0 bridgehead atoms. The Morgan fingerprint density at radius 2 is 1.79 bits per heavy atom. The van der Waals surface area contributed by atoms with Crippen LogP contribution in [0.25, 0.3) is 11.1 Å². The minimum Gasteiger partial charge on any atom is -0.491 e. The Labute approximate surface area is 196 Å². The Kier molecular flexibility index (Phi) is 5.67. The fourth-order valence-corrected chi connectivity index (χ4v) is 4.25. The standard InChI is InChI=1S/C27H22FN3O3/c1-33-24-17-20(12-15-29-24)18-4-8-21(9-5-18)27(13-16-34-23-3-2-14-30-25(23)27)31-26(32)19-6-10-22(28)11-7-19/h2-12,14-15,17H,13,16H2,1H3,(H,31,32). The highest BCUT2D eigenvalue weighted by Gasteiger charge is 2.42. The molecule has 3 heterocycles. The molecule has 170 valence electrons. The van der Waals surface area contributed by atoms with Gasteiger partial charge in [0.1, 0.15) is 22.8 Å². The number of nitrogens with one attached hydrogen (secondary N) is 1. The second-order valence-electron chi connectivity index (χ2n) is 7.98. The number of halogens is 1. The molecule has 1 unspecified atom stereocenters. The van der Waals surface area contributed by atoms with E-state index in [1.807, 2.05) is 42.5 Å². The lowest BCUT2D eigenvalue weighted by Gasteiger charge is -2.39. The summed E-state index contributed by atoms with van der Waals surface area (Å²) in [6.45, 7) is 0.408. The van der Waals surface area contributed by atoms with Crippen LogP contribution in [0.5, 0.6) is 11.6 Å². The van der Waals surface area contributed by atoms with Crippen molar-refractivity contribution >= 4 is 5.91 Å². The van der Waals surface area contributed by atoms with Gasteiger partial charge in [-0.15, -0.1) is 0 Å². The number of carbonyl (C=O) groups is 1. The van der Waals surface area contributed by atoms with Crippen molar-refractivity contribution in [3.8, 4) is 22.8 Å². The van der Waals surface area contributed by atoms with Gasteiger partial charge in [0.15, 0.2) is 0 Å². The Morgan fingerprint density at radius 1 is 1.00 bits per heavy atom. The van der Waals surface area contributed by atoms with Crippen molar-refractivity contribution in [2.24, 2.45) is 0 Å². The lowest BCUT2D eigenvalue weighted by atomic mass is 9.80. The number of pyridine rings is 2. The van der Waals surface area contributed by atoms with Gasteiger partial charge in [-0.05, 0) is 59.2 Å². The lowest BCUT2D eigenvalue weighted by molar-refractivity contribution is 0.0883. The number of benzene rings is 2. The molecule has 1 aliphatic rings. The fourth-order valence-electron chi connectivity index (χ4n) is 4.25. The molecule has 7 heteroatoms. The normalized spacial score (nSPS) is 16.8. The summed E-state index contributed by atoms with van der Waals surface area (Å²) in [6.07, 6.45) is 3.88. The van der Waals surface area contributed by atoms with Crippen LogP contribution >= 0.6 is 0 Å². The lowest BCUT2D eigenvalue weighted by Crippen LogP contribution is -2.50. The molecule has 6 nitrogen and oxygen atoms in total. The highest BCUT2D eigenvalue weighted by Crippen LogP contribution is 2.41. The Hall–Kier alpha value is -4.26. The van der Waals surface area contributed by atoms with E-state index in [1.165, 1.54) is 24.3 Å². The number of fused-ring (bicyclic) bond motifs is 1. The molecular weight excluding hydrogens is 433 g/mol. The molecule has 4 aromatic rings. The third-order valence-corrected chi connectivity index (χ3v) is 6.00. The summed E-state index contributed by atoms with van der Waals surface area (Å²) >= 11 is 0. The molecular formula is C27H22FN3O3. The van der Waals surface area contributed by atoms with Gasteiger partial charge in [-0.1, -0.05) is 24.3 Å². The molecule has 34 heavy (non-hydrogen) atoms. The van der Waals surface area contributed by atoms with Gasteiger partial charge in [-0.2, -0.15) is 0 Å². The van der Waals surface area contributed by atoms with Crippen molar-refractivity contribution in [2.45, 2.75) is 12.0 Å². The molecule has 0 fully saturated rings. The van der Waals surface area contributed by atoms with Crippen LogP contribution in [0.15, 0.2) is 85.2 Å². The maximum Gasteiger partial charge on any atom is 0.252 e. The van der Waals surface area contributed by atoms with E-state index in [4.69, 9.17) is 9.47 Å². The minimum absolute atomic E-state index is 0.318. The maximum atomic E-state index is 13.4. The van der Waals surface area contributed by atoms with Crippen molar-refractivity contribution in [2.75, 3.05) is 13.7 Å². The van der Waals surface area contributed by atoms with Crippen molar-refractivity contribution in [1.29, 1.82) is 0 Å². The Morgan fingerprint density at radius 3 is 2.56 bits per heavy atom. The molecule has 0 aliphatic carbocycles. The predicted octanol–water partition coefficient (Wildman–Crippen LogP) is 4.75. The topological polar surface area (TPSA) is 73.3 Å². The number of aromatic nitrogens is 2. The van der Waals surface area contributed by atoms with Crippen molar-refractivity contribution < 1.29 is 18.7 Å². The van der Waals surface area contributed by atoms with E-state index in [0.717, 1.165) is 16.7 Å². The smallest absolute Gasteiger partial charge is 0.252 e. The summed E-state index contributed by atoms with van der Waals surface area (Å²) in [6, 6.07) is 20.9. The number of amides is 1. The van der Waals surface area contributed by atoms with Crippen LogP contribution in [0, 0.1) is 5.82 Å². The van der Waals surface area contributed by atoms with E-state index >= 15 is 0 Å². The van der Waals surface area contributed by atoms with Gasteiger partial charge >= 0.3 is 0 Å². The molecule has 0 saturated carbocycles. The van der Waals surface area contributed by atoms with E-state index in [-0.39, 0.29) is 5.91 Å². The molecule has 0 saturated heterocycles. The highest BCUT2D eigenvalue weighted by atomic mass is 19.1. The zero-order valence-corrected chi connectivity index (χ0v) is 18.5. The molecule has 1 atom stereocenters. The number of methoxy groups -OCH3 is 1. The Bertz CT molecular complexity index is 1330. The van der Waals surface area contributed by atoms with Gasteiger partial charge in [0.05, 0.1) is 13.7 Å². The van der Waals surface area contributed by atoms with Crippen LogP contribution < -0.4 is 14.8 Å². The third kappa shape index (κ3) is 3.96. The first kappa shape index (κ1) is 21.6. The van der Waals surface area contributed by atoms with Gasteiger partial charge in [0.2, 0.25) is 5.88 Å².